The van der Waals surface area contributed by atoms with Crippen LogP contribution in [0.1, 0.15) is 57.2 Å². The SMILES string of the molecule is CC(C)CCOC(C)C(=O)NC1CCCc2cc(N)ccc21. The normalized spacial score (nSPS) is 18.8. The third-order valence-corrected chi connectivity index (χ3v) is 4.23. The molecule has 0 bridgehead atoms. The largest absolute Gasteiger partial charge is 0.399 e. The van der Waals surface area contributed by atoms with E-state index in [0.29, 0.717) is 12.5 Å². The van der Waals surface area contributed by atoms with Gasteiger partial charge in [-0.25, -0.2) is 0 Å². The number of aryl methyl sites for hydroxylation is 1. The summed E-state index contributed by atoms with van der Waals surface area (Å²) in [5, 5.41) is 3.13. The molecule has 1 aromatic carbocycles. The summed E-state index contributed by atoms with van der Waals surface area (Å²) in [6.45, 7) is 6.75. The van der Waals surface area contributed by atoms with Gasteiger partial charge in [-0.2, -0.15) is 0 Å². The molecule has 2 rings (SSSR count). The number of rotatable bonds is 6. The van der Waals surface area contributed by atoms with E-state index >= 15 is 0 Å². The number of benzene rings is 1. The van der Waals surface area contributed by atoms with Crippen LogP contribution in [0, 0.1) is 5.92 Å². The molecule has 3 N–H and O–H groups in total. The Morgan fingerprint density at radius 3 is 2.91 bits per heavy atom. The number of nitrogens with one attached hydrogen (secondary N) is 1. The lowest BCUT2D eigenvalue weighted by molar-refractivity contribution is -0.132. The van der Waals surface area contributed by atoms with Gasteiger partial charge >= 0.3 is 0 Å². The van der Waals surface area contributed by atoms with E-state index in [4.69, 9.17) is 10.5 Å². The second kappa shape index (κ2) is 7.63. The highest BCUT2D eigenvalue weighted by molar-refractivity contribution is 5.80. The predicted molar refractivity (Wildman–Crippen MR) is 89.5 cm³/mol. The summed E-state index contributed by atoms with van der Waals surface area (Å²) in [5.74, 6) is 0.560. The zero-order valence-electron chi connectivity index (χ0n) is 13.9. The van der Waals surface area contributed by atoms with Gasteiger partial charge in [0.05, 0.1) is 6.04 Å². The summed E-state index contributed by atoms with van der Waals surface area (Å²) in [5.41, 5.74) is 9.09. The third kappa shape index (κ3) is 4.47. The molecule has 0 aromatic heterocycles. The Bertz CT molecular complexity index is 514. The molecule has 0 spiro atoms. The van der Waals surface area contributed by atoms with Crippen molar-refractivity contribution in [1.29, 1.82) is 0 Å². The molecule has 22 heavy (non-hydrogen) atoms. The van der Waals surface area contributed by atoms with Crippen molar-refractivity contribution in [3.8, 4) is 0 Å². The molecule has 122 valence electrons. The number of anilines is 1. The molecule has 0 saturated heterocycles. The molecule has 4 heteroatoms. The number of carbonyl (C=O) groups excluding carboxylic acids is 1. The molecule has 0 saturated carbocycles. The first-order chi connectivity index (χ1) is 10.5. The Kier molecular flexibility index (Phi) is 5.83. The second-order valence-electron chi connectivity index (χ2n) is 6.61. The Labute approximate surface area is 133 Å². The minimum Gasteiger partial charge on any atom is -0.399 e. The summed E-state index contributed by atoms with van der Waals surface area (Å²) in [6, 6.07) is 6.05. The third-order valence-electron chi connectivity index (χ3n) is 4.23. The van der Waals surface area contributed by atoms with E-state index in [1.807, 2.05) is 25.1 Å². The van der Waals surface area contributed by atoms with Crippen LogP contribution in [0.15, 0.2) is 18.2 Å². The number of nitrogens with two attached hydrogens (primary N) is 1. The van der Waals surface area contributed by atoms with Crippen LogP contribution >= 0.6 is 0 Å². The fourth-order valence-corrected chi connectivity index (χ4v) is 2.83. The van der Waals surface area contributed by atoms with Crippen LogP contribution in [-0.2, 0) is 16.0 Å². The number of hydrogen-bond donors (Lipinski definition) is 2. The lowest BCUT2D eigenvalue weighted by atomic mass is 9.87. The van der Waals surface area contributed by atoms with Crippen molar-refractivity contribution in [1.82, 2.24) is 5.32 Å². The molecule has 0 heterocycles. The van der Waals surface area contributed by atoms with E-state index in [-0.39, 0.29) is 11.9 Å². The molecule has 1 aliphatic carbocycles. The zero-order chi connectivity index (χ0) is 16.1. The van der Waals surface area contributed by atoms with Gasteiger partial charge in [-0.1, -0.05) is 19.9 Å². The fraction of sp³-hybridized carbons (Fsp3) is 0.611. The van der Waals surface area contributed by atoms with Gasteiger partial charge in [-0.15, -0.1) is 0 Å². The molecular weight excluding hydrogens is 276 g/mol. The van der Waals surface area contributed by atoms with Crippen molar-refractivity contribution in [3.63, 3.8) is 0 Å². The van der Waals surface area contributed by atoms with Crippen LogP contribution < -0.4 is 11.1 Å². The lowest BCUT2D eigenvalue weighted by Crippen LogP contribution is -2.38. The molecule has 0 aliphatic heterocycles. The molecule has 1 amide bonds. The summed E-state index contributed by atoms with van der Waals surface area (Å²) in [4.78, 5) is 12.3. The van der Waals surface area contributed by atoms with Crippen molar-refractivity contribution < 1.29 is 9.53 Å². The monoisotopic (exact) mass is 304 g/mol. The molecule has 4 nitrogen and oxygen atoms in total. The quantitative estimate of drug-likeness (QED) is 0.793. The van der Waals surface area contributed by atoms with Crippen LogP contribution in [0.3, 0.4) is 0 Å². The number of carbonyl (C=O) groups is 1. The van der Waals surface area contributed by atoms with E-state index in [1.165, 1.54) is 11.1 Å². The summed E-state index contributed by atoms with van der Waals surface area (Å²) < 4.78 is 5.63. The van der Waals surface area contributed by atoms with Crippen LogP contribution in [0.4, 0.5) is 5.69 Å². The van der Waals surface area contributed by atoms with Gasteiger partial charge in [0.2, 0.25) is 5.91 Å². The van der Waals surface area contributed by atoms with Crippen molar-refractivity contribution in [2.45, 2.75) is 58.6 Å². The van der Waals surface area contributed by atoms with Crippen LogP contribution in [0.2, 0.25) is 0 Å². The van der Waals surface area contributed by atoms with Gasteiger partial charge in [-0.05, 0) is 61.8 Å². The maximum atomic E-state index is 12.3. The number of ether oxygens (including phenoxy) is 1. The van der Waals surface area contributed by atoms with Crippen molar-refractivity contribution in [2.75, 3.05) is 12.3 Å². The smallest absolute Gasteiger partial charge is 0.249 e. The highest BCUT2D eigenvalue weighted by atomic mass is 16.5. The maximum Gasteiger partial charge on any atom is 0.249 e. The molecule has 0 radical (unpaired) electrons. The predicted octanol–water partition coefficient (Wildman–Crippen LogP) is 3.21. The van der Waals surface area contributed by atoms with Crippen LogP contribution in [0.5, 0.6) is 0 Å². The van der Waals surface area contributed by atoms with Crippen molar-refractivity contribution >= 4 is 11.6 Å². The summed E-state index contributed by atoms with van der Waals surface area (Å²) in [6.07, 6.45) is 3.65. The summed E-state index contributed by atoms with van der Waals surface area (Å²) in [7, 11) is 0. The first kappa shape index (κ1) is 16.8. The van der Waals surface area contributed by atoms with Gasteiger partial charge in [0, 0.05) is 12.3 Å². The fourth-order valence-electron chi connectivity index (χ4n) is 2.83. The molecular formula is C18H28N2O2. The Morgan fingerprint density at radius 2 is 2.18 bits per heavy atom. The molecule has 2 unspecified atom stereocenters. The van der Waals surface area contributed by atoms with Crippen molar-refractivity contribution in [3.05, 3.63) is 29.3 Å². The van der Waals surface area contributed by atoms with Gasteiger partial charge in [0.15, 0.2) is 0 Å². The van der Waals surface area contributed by atoms with E-state index in [0.717, 1.165) is 31.4 Å². The minimum atomic E-state index is -0.405. The first-order valence-electron chi connectivity index (χ1n) is 8.27. The number of fused-ring (bicyclic) bond motifs is 1. The average Bonchev–Trinajstić information content (AvgIpc) is 2.46. The Morgan fingerprint density at radius 1 is 1.41 bits per heavy atom. The van der Waals surface area contributed by atoms with Gasteiger partial charge in [0.1, 0.15) is 6.10 Å². The standard InChI is InChI=1S/C18H28N2O2/c1-12(2)9-10-22-13(3)18(21)20-17-6-4-5-14-11-15(19)7-8-16(14)17/h7-8,11-13,17H,4-6,9-10,19H2,1-3H3,(H,20,21). The number of hydrogen-bond acceptors (Lipinski definition) is 3. The van der Waals surface area contributed by atoms with Crippen LogP contribution in [0.25, 0.3) is 0 Å². The molecule has 1 aliphatic rings. The minimum absolute atomic E-state index is 0.0292. The van der Waals surface area contributed by atoms with E-state index < -0.39 is 6.10 Å². The van der Waals surface area contributed by atoms with E-state index in [1.54, 1.807) is 0 Å². The zero-order valence-corrected chi connectivity index (χ0v) is 13.9. The first-order valence-corrected chi connectivity index (χ1v) is 8.27. The molecule has 0 fully saturated rings. The highest BCUT2D eigenvalue weighted by Crippen LogP contribution is 2.31. The number of amides is 1. The maximum absolute atomic E-state index is 12.3. The lowest BCUT2D eigenvalue weighted by Gasteiger charge is -2.28. The highest BCUT2D eigenvalue weighted by Gasteiger charge is 2.24. The van der Waals surface area contributed by atoms with Gasteiger partial charge in [-0.3, -0.25) is 4.79 Å². The average molecular weight is 304 g/mol. The second-order valence-corrected chi connectivity index (χ2v) is 6.61. The topological polar surface area (TPSA) is 64.3 Å². The van der Waals surface area contributed by atoms with Gasteiger partial charge < -0.3 is 15.8 Å². The van der Waals surface area contributed by atoms with Crippen molar-refractivity contribution in [2.24, 2.45) is 5.92 Å². The molecule has 2 atom stereocenters. The Hall–Kier alpha value is -1.55. The number of nitrogen functional groups attached to an aromatic ring is 1. The van der Waals surface area contributed by atoms with Crippen LogP contribution in [-0.4, -0.2) is 18.6 Å². The molecule has 1 aromatic rings. The summed E-state index contributed by atoms with van der Waals surface area (Å²) >= 11 is 0. The van der Waals surface area contributed by atoms with E-state index in [2.05, 4.69) is 19.2 Å². The van der Waals surface area contributed by atoms with Gasteiger partial charge in [0.25, 0.3) is 0 Å². The van der Waals surface area contributed by atoms with E-state index in [9.17, 15) is 4.79 Å². The Balaban J connectivity index is 1.92.